The van der Waals surface area contributed by atoms with Crippen molar-refractivity contribution in [3.63, 3.8) is 0 Å². The Morgan fingerprint density at radius 2 is 1.86 bits per heavy atom. The van der Waals surface area contributed by atoms with Crippen molar-refractivity contribution in [1.29, 1.82) is 0 Å². The van der Waals surface area contributed by atoms with E-state index in [2.05, 4.69) is 4.98 Å². The van der Waals surface area contributed by atoms with Gasteiger partial charge in [0.2, 0.25) is 5.91 Å². The number of hydrogen-bond donors (Lipinski definition) is 1. The van der Waals surface area contributed by atoms with Crippen molar-refractivity contribution < 1.29 is 27.4 Å². The molecule has 1 aromatic carbocycles. The van der Waals surface area contributed by atoms with Gasteiger partial charge in [-0.25, -0.2) is 4.98 Å². The summed E-state index contributed by atoms with van der Waals surface area (Å²) in [6.45, 7) is 0. The van der Waals surface area contributed by atoms with Crippen LogP contribution in [-0.4, -0.2) is 18.0 Å². The zero-order chi connectivity index (χ0) is 20.8. The number of carbonyl (C=O) groups excluding carboxylic acids is 1. The molecule has 3 aromatic rings. The quantitative estimate of drug-likeness (QED) is 0.501. The number of amides is 1. The van der Waals surface area contributed by atoms with Crippen molar-refractivity contribution in [3.8, 4) is 16.9 Å². The Kier molecular flexibility index (Phi) is 4.99. The van der Waals surface area contributed by atoms with Gasteiger partial charge in [-0.3, -0.25) is 4.79 Å². The van der Waals surface area contributed by atoms with Crippen LogP contribution in [0.1, 0.15) is 16.1 Å². The molecular formula is C17H10Cl2F3N3O3. The van der Waals surface area contributed by atoms with Gasteiger partial charge < -0.3 is 15.7 Å². The maximum Gasteiger partial charge on any atom is 0.433 e. The van der Waals surface area contributed by atoms with Crippen molar-refractivity contribution >= 4 is 40.0 Å². The number of hydrogen-bond acceptors (Lipinski definition) is 4. The number of aromatic nitrogens is 2. The van der Waals surface area contributed by atoms with E-state index in [4.69, 9.17) is 33.7 Å². The predicted octanol–water partition coefficient (Wildman–Crippen LogP) is 3.97. The molecule has 6 nitrogen and oxygen atoms in total. The number of nitrogens with zero attached hydrogens (tertiary/aromatic N) is 2. The maximum atomic E-state index is 13.8. The van der Waals surface area contributed by atoms with Gasteiger partial charge in [-0.1, -0.05) is 23.2 Å². The summed E-state index contributed by atoms with van der Waals surface area (Å²) < 4.78 is 46.6. The van der Waals surface area contributed by atoms with Gasteiger partial charge in [0, 0.05) is 22.1 Å². The average molecular weight is 432 g/mol. The van der Waals surface area contributed by atoms with Crippen LogP contribution in [0.25, 0.3) is 22.0 Å². The highest BCUT2D eigenvalue weighted by Crippen LogP contribution is 2.43. The van der Waals surface area contributed by atoms with E-state index < -0.39 is 23.3 Å². The van der Waals surface area contributed by atoms with Crippen LogP contribution in [0, 0.1) is 5.21 Å². The number of halogens is 5. The maximum absolute atomic E-state index is 13.8. The summed E-state index contributed by atoms with van der Waals surface area (Å²) in [6, 6.07) is 3.65. The van der Waals surface area contributed by atoms with Gasteiger partial charge in [0.05, 0.1) is 7.11 Å². The second-order valence-corrected chi connectivity index (χ2v) is 6.46. The lowest BCUT2D eigenvalue weighted by Gasteiger charge is -2.17. The number of carbonyl (C=O) groups is 1. The summed E-state index contributed by atoms with van der Waals surface area (Å²) in [5, 5.41) is 10.8. The van der Waals surface area contributed by atoms with Crippen LogP contribution in [0.2, 0.25) is 10.0 Å². The molecule has 3 rings (SSSR count). The minimum absolute atomic E-state index is 0.0136. The highest BCUT2D eigenvalue weighted by Gasteiger charge is 2.38. The first-order chi connectivity index (χ1) is 13.0. The smallest absolute Gasteiger partial charge is 0.433 e. The van der Waals surface area contributed by atoms with Crippen molar-refractivity contribution in [2.24, 2.45) is 5.73 Å². The molecule has 0 saturated carbocycles. The van der Waals surface area contributed by atoms with Gasteiger partial charge in [-0.05, 0) is 18.2 Å². The standard InChI is InChI=1S/C17H10Cl2F3N3O3/c1-28-12-3-2-7(16(23)26)8-4-9(15(17(20,21)22)24-14(8)12)13-10(18)5-25(27)6-11(13)19/h2-6H,1H3,(H2,23,26). The molecule has 146 valence electrons. The molecule has 0 radical (unpaired) electrons. The topological polar surface area (TPSA) is 92.2 Å². The normalized spacial score (nSPS) is 11.6. The number of benzene rings is 1. The molecule has 2 N–H and O–H groups in total. The van der Waals surface area contributed by atoms with E-state index in [1.54, 1.807) is 0 Å². The predicted molar refractivity (Wildman–Crippen MR) is 96.2 cm³/mol. The number of fused-ring (bicyclic) bond motifs is 1. The minimum atomic E-state index is -4.90. The summed E-state index contributed by atoms with van der Waals surface area (Å²) >= 11 is 12.0. The minimum Gasteiger partial charge on any atom is -0.619 e. The van der Waals surface area contributed by atoms with Gasteiger partial charge in [-0.2, -0.15) is 17.9 Å². The molecule has 0 saturated heterocycles. The third-order valence-electron chi connectivity index (χ3n) is 3.93. The van der Waals surface area contributed by atoms with Crippen LogP contribution in [-0.2, 0) is 6.18 Å². The largest absolute Gasteiger partial charge is 0.619 e. The molecule has 0 unspecified atom stereocenters. The average Bonchev–Trinajstić information content (AvgIpc) is 2.58. The van der Waals surface area contributed by atoms with E-state index in [9.17, 15) is 23.2 Å². The Morgan fingerprint density at radius 3 is 2.36 bits per heavy atom. The van der Waals surface area contributed by atoms with Crippen LogP contribution in [0.5, 0.6) is 5.75 Å². The Morgan fingerprint density at radius 1 is 1.25 bits per heavy atom. The number of nitrogens with two attached hydrogens (primary N) is 1. The third-order valence-corrected chi connectivity index (χ3v) is 4.50. The second kappa shape index (κ2) is 6.99. The highest BCUT2D eigenvalue weighted by atomic mass is 35.5. The van der Waals surface area contributed by atoms with E-state index in [-0.39, 0.29) is 42.6 Å². The van der Waals surface area contributed by atoms with E-state index >= 15 is 0 Å². The van der Waals surface area contributed by atoms with Crippen LogP contribution < -0.4 is 15.2 Å². The fourth-order valence-electron chi connectivity index (χ4n) is 2.78. The highest BCUT2D eigenvalue weighted by molar-refractivity contribution is 6.39. The molecule has 0 spiro atoms. The molecule has 11 heteroatoms. The van der Waals surface area contributed by atoms with Crippen LogP contribution >= 0.6 is 23.2 Å². The Labute approximate surface area is 165 Å². The summed E-state index contributed by atoms with van der Waals surface area (Å²) in [4.78, 5) is 15.4. The van der Waals surface area contributed by atoms with Gasteiger partial charge in [0.25, 0.3) is 0 Å². The van der Waals surface area contributed by atoms with Gasteiger partial charge in [0.1, 0.15) is 21.3 Å². The summed E-state index contributed by atoms with van der Waals surface area (Å²) in [5.41, 5.74) is 2.98. The van der Waals surface area contributed by atoms with Crippen molar-refractivity contribution in [3.05, 3.63) is 57.1 Å². The zero-order valence-electron chi connectivity index (χ0n) is 14.0. The van der Waals surface area contributed by atoms with Crippen molar-refractivity contribution in [2.75, 3.05) is 7.11 Å². The van der Waals surface area contributed by atoms with Crippen LogP contribution in [0.15, 0.2) is 30.6 Å². The number of ether oxygens (including phenoxy) is 1. The molecule has 0 aliphatic carbocycles. The van der Waals surface area contributed by atoms with E-state index in [0.29, 0.717) is 0 Å². The number of pyridine rings is 2. The molecule has 2 heterocycles. The number of methoxy groups -OCH3 is 1. The van der Waals surface area contributed by atoms with Gasteiger partial charge >= 0.3 is 6.18 Å². The third kappa shape index (κ3) is 3.38. The first-order valence-electron chi connectivity index (χ1n) is 7.51. The molecule has 1 amide bonds. The lowest BCUT2D eigenvalue weighted by atomic mass is 9.98. The SMILES string of the molecule is COc1ccc(C(N)=O)c2cc(-c3c(Cl)c[n+]([O-])cc3Cl)c(C(F)(F)F)nc12. The molecule has 28 heavy (non-hydrogen) atoms. The van der Waals surface area contributed by atoms with E-state index in [0.717, 1.165) is 18.5 Å². The summed E-state index contributed by atoms with van der Waals surface area (Å²) in [5.74, 6) is -0.859. The zero-order valence-corrected chi connectivity index (χ0v) is 15.5. The van der Waals surface area contributed by atoms with Crippen molar-refractivity contribution in [2.45, 2.75) is 6.18 Å². The first kappa shape index (κ1) is 20.0. The Balaban J connectivity index is 2.52. The fourth-order valence-corrected chi connectivity index (χ4v) is 3.43. The molecule has 0 aliphatic rings. The lowest BCUT2D eigenvalue weighted by Crippen LogP contribution is -2.25. The number of primary amides is 1. The number of rotatable bonds is 3. The van der Waals surface area contributed by atoms with Gasteiger partial charge in [-0.15, -0.1) is 0 Å². The number of alkyl halides is 3. The summed E-state index contributed by atoms with van der Waals surface area (Å²) in [7, 11) is 1.25. The molecule has 2 aromatic heterocycles. The fraction of sp³-hybridized carbons (Fsp3) is 0.118. The second-order valence-electron chi connectivity index (χ2n) is 5.65. The van der Waals surface area contributed by atoms with Crippen LogP contribution in [0.4, 0.5) is 13.2 Å². The molecule has 0 atom stereocenters. The lowest BCUT2D eigenvalue weighted by molar-refractivity contribution is -0.605. The monoisotopic (exact) mass is 431 g/mol. The molecule has 0 aliphatic heterocycles. The molecule has 0 fully saturated rings. The Bertz CT molecular complexity index is 1100. The van der Waals surface area contributed by atoms with E-state index in [1.807, 2.05) is 0 Å². The first-order valence-corrected chi connectivity index (χ1v) is 8.27. The Hall–Kier alpha value is -2.78. The molecule has 0 bridgehead atoms. The summed E-state index contributed by atoms with van der Waals surface area (Å²) in [6.07, 6.45) is -3.19. The van der Waals surface area contributed by atoms with Crippen molar-refractivity contribution in [1.82, 2.24) is 4.98 Å². The molecular weight excluding hydrogens is 422 g/mol. The van der Waals surface area contributed by atoms with Crippen LogP contribution in [0.3, 0.4) is 0 Å². The van der Waals surface area contributed by atoms with E-state index in [1.165, 1.54) is 19.2 Å². The van der Waals surface area contributed by atoms with Gasteiger partial charge in [0.15, 0.2) is 18.1 Å².